The van der Waals surface area contributed by atoms with Crippen molar-refractivity contribution in [3.8, 4) is 17.1 Å². The predicted octanol–water partition coefficient (Wildman–Crippen LogP) is 3.16. The maximum atomic E-state index is 5.21. The molecule has 0 radical (unpaired) electrons. The highest BCUT2D eigenvalue weighted by Crippen LogP contribution is 2.20. The van der Waals surface area contributed by atoms with Gasteiger partial charge in [0.05, 0.1) is 13.7 Å². The average Bonchev–Trinajstić information content (AvgIpc) is 2.98. The summed E-state index contributed by atoms with van der Waals surface area (Å²) in [5.74, 6) is 1.36. The number of ether oxygens (including phenoxy) is 1. The standard InChI is InChI=1S/C15H13BrN4O/c1-21-13-7-4-6-11(9-13)15-17-19-20(18-15)10-12-5-2-3-8-14(12)16/h2-9H,10H2,1H3. The van der Waals surface area contributed by atoms with Crippen LogP contribution in [-0.2, 0) is 6.54 Å². The van der Waals surface area contributed by atoms with Crippen molar-refractivity contribution in [1.82, 2.24) is 20.2 Å². The topological polar surface area (TPSA) is 52.8 Å². The second-order valence-electron chi connectivity index (χ2n) is 4.47. The summed E-state index contributed by atoms with van der Waals surface area (Å²) in [6, 6.07) is 15.6. The number of benzene rings is 2. The minimum Gasteiger partial charge on any atom is -0.497 e. The van der Waals surface area contributed by atoms with Crippen molar-refractivity contribution in [2.24, 2.45) is 0 Å². The first kappa shape index (κ1) is 13.8. The van der Waals surface area contributed by atoms with Crippen LogP contribution in [0, 0.1) is 0 Å². The Morgan fingerprint density at radius 3 is 2.81 bits per heavy atom. The van der Waals surface area contributed by atoms with E-state index in [9.17, 15) is 0 Å². The molecule has 0 saturated heterocycles. The number of nitrogens with zero attached hydrogens (tertiary/aromatic N) is 4. The van der Waals surface area contributed by atoms with Crippen LogP contribution < -0.4 is 4.74 Å². The van der Waals surface area contributed by atoms with Gasteiger partial charge in [0.1, 0.15) is 5.75 Å². The molecule has 21 heavy (non-hydrogen) atoms. The lowest BCUT2D eigenvalue weighted by molar-refractivity contribution is 0.415. The van der Waals surface area contributed by atoms with Gasteiger partial charge < -0.3 is 4.74 Å². The van der Waals surface area contributed by atoms with E-state index in [-0.39, 0.29) is 0 Å². The molecule has 0 aliphatic heterocycles. The highest BCUT2D eigenvalue weighted by molar-refractivity contribution is 9.10. The van der Waals surface area contributed by atoms with Crippen LogP contribution in [0.1, 0.15) is 5.56 Å². The van der Waals surface area contributed by atoms with Crippen molar-refractivity contribution in [2.75, 3.05) is 7.11 Å². The van der Waals surface area contributed by atoms with Crippen molar-refractivity contribution in [1.29, 1.82) is 0 Å². The van der Waals surface area contributed by atoms with Crippen LogP contribution in [0.4, 0.5) is 0 Å². The molecular formula is C15H13BrN4O. The molecule has 5 nitrogen and oxygen atoms in total. The highest BCUT2D eigenvalue weighted by Gasteiger charge is 2.08. The molecule has 0 bridgehead atoms. The number of rotatable bonds is 4. The zero-order valence-corrected chi connectivity index (χ0v) is 13.0. The minimum atomic E-state index is 0.568. The Bertz CT molecular complexity index is 757. The van der Waals surface area contributed by atoms with Gasteiger partial charge in [-0.3, -0.25) is 0 Å². The molecule has 0 N–H and O–H groups in total. The summed E-state index contributed by atoms with van der Waals surface area (Å²) in [5, 5.41) is 12.6. The van der Waals surface area contributed by atoms with Crippen molar-refractivity contribution in [2.45, 2.75) is 6.54 Å². The third-order valence-electron chi connectivity index (χ3n) is 3.05. The van der Waals surface area contributed by atoms with Gasteiger partial charge in [-0.15, -0.1) is 10.2 Å². The summed E-state index contributed by atoms with van der Waals surface area (Å²) >= 11 is 3.52. The Hall–Kier alpha value is -2.21. The van der Waals surface area contributed by atoms with Gasteiger partial charge in [-0.05, 0) is 29.0 Å². The van der Waals surface area contributed by atoms with Crippen molar-refractivity contribution >= 4 is 15.9 Å². The zero-order chi connectivity index (χ0) is 14.7. The monoisotopic (exact) mass is 344 g/mol. The van der Waals surface area contributed by atoms with E-state index in [1.165, 1.54) is 0 Å². The number of hydrogen-bond donors (Lipinski definition) is 0. The number of methoxy groups -OCH3 is 1. The maximum Gasteiger partial charge on any atom is 0.205 e. The second kappa shape index (κ2) is 6.05. The van der Waals surface area contributed by atoms with E-state index in [4.69, 9.17) is 4.74 Å². The maximum absolute atomic E-state index is 5.21. The van der Waals surface area contributed by atoms with E-state index in [0.29, 0.717) is 12.4 Å². The molecule has 0 aliphatic carbocycles. The van der Waals surface area contributed by atoms with Crippen molar-refractivity contribution in [3.63, 3.8) is 0 Å². The molecule has 0 aliphatic rings. The van der Waals surface area contributed by atoms with Crippen LogP contribution in [0.2, 0.25) is 0 Å². The first-order chi connectivity index (χ1) is 10.3. The molecule has 2 aromatic carbocycles. The zero-order valence-electron chi connectivity index (χ0n) is 11.4. The molecule has 0 saturated carbocycles. The summed E-state index contributed by atoms with van der Waals surface area (Å²) in [6.07, 6.45) is 0. The van der Waals surface area contributed by atoms with Crippen LogP contribution in [-0.4, -0.2) is 27.3 Å². The molecule has 0 atom stereocenters. The van der Waals surface area contributed by atoms with Gasteiger partial charge in [0.2, 0.25) is 5.82 Å². The second-order valence-corrected chi connectivity index (χ2v) is 5.32. The molecule has 1 aromatic heterocycles. The lowest BCUT2D eigenvalue weighted by Crippen LogP contribution is -2.04. The van der Waals surface area contributed by atoms with Crippen LogP contribution in [0.15, 0.2) is 53.0 Å². The van der Waals surface area contributed by atoms with Gasteiger partial charge in [0.15, 0.2) is 0 Å². The van der Waals surface area contributed by atoms with E-state index in [0.717, 1.165) is 21.3 Å². The fraction of sp³-hybridized carbons (Fsp3) is 0.133. The van der Waals surface area contributed by atoms with Gasteiger partial charge in [-0.1, -0.05) is 46.3 Å². The molecule has 3 aromatic rings. The molecule has 1 heterocycles. The molecule has 0 fully saturated rings. The number of aromatic nitrogens is 4. The van der Waals surface area contributed by atoms with E-state index in [1.807, 2.05) is 48.5 Å². The average molecular weight is 345 g/mol. The smallest absolute Gasteiger partial charge is 0.205 e. The summed E-state index contributed by atoms with van der Waals surface area (Å²) in [5.41, 5.74) is 1.99. The van der Waals surface area contributed by atoms with Crippen LogP contribution >= 0.6 is 15.9 Å². The Balaban J connectivity index is 1.85. The first-order valence-electron chi connectivity index (χ1n) is 6.42. The molecule has 106 valence electrons. The fourth-order valence-electron chi connectivity index (χ4n) is 1.97. The summed E-state index contributed by atoms with van der Waals surface area (Å²) in [4.78, 5) is 1.58. The van der Waals surface area contributed by atoms with Crippen LogP contribution in [0.5, 0.6) is 5.75 Å². The van der Waals surface area contributed by atoms with Gasteiger partial charge in [0.25, 0.3) is 0 Å². The SMILES string of the molecule is COc1cccc(-c2nnn(Cc3ccccc3Br)n2)c1. The van der Waals surface area contributed by atoms with E-state index >= 15 is 0 Å². The molecule has 3 rings (SSSR count). The molecule has 0 unspecified atom stereocenters. The lowest BCUT2D eigenvalue weighted by atomic mass is 10.2. The van der Waals surface area contributed by atoms with Crippen LogP contribution in [0.3, 0.4) is 0 Å². The van der Waals surface area contributed by atoms with E-state index in [2.05, 4.69) is 31.3 Å². The van der Waals surface area contributed by atoms with Crippen molar-refractivity contribution in [3.05, 3.63) is 58.6 Å². The summed E-state index contributed by atoms with van der Waals surface area (Å²) in [7, 11) is 1.64. The summed E-state index contributed by atoms with van der Waals surface area (Å²) < 4.78 is 6.24. The Kier molecular flexibility index (Phi) is 3.96. The third-order valence-corrected chi connectivity index (χ3v) is 3.82. The normalized spacial score (nSPS) is 10.6. The van der Waals surface area contributed by atoms with E-state index < -0.39 is 0 Å². The largest absolute Gasteiger partial charge is 0.497 e. The fourth-order valence-corrected chi connectivity index (χ4v) is 2.38. The number of tetrazole rings is 1. The van der Waals surface area contributed by atoms with E-state index in [1.54, 1.807) is 11.9 Å². The Morgan fingerprint density at radius 2 is 2.00 bits per heavy atom. The van der Waals surface area contributed by atoms with Crippen LogP contribution in [0.25, 0.3) is 11.4 Å². The van der Waals surface area contributed by atoms with Gasteiger partial charge in [0, 0.05) is 10.0 Å². The number of hydrogen-bond acceptors (Lipinski definition) is 4. The third kappa shape index (κ3) is 3.11. The Labute approximate surface area is 130 Å². The number of halogens is 1. The highest BCUT2D eigenvalue weighted by atomic mass is 79.9. The van der Waals surface area contributed by atoms with Gasteiger partial charge in [-0.25, -0.2) is 0 Å². The molecule has 0 amide bonds. The van der Waals surface area contributed by atoms with Crippen molar-refractivity contribution < 1.29 is 4.74 Å². The summed E-state index contributed by atoms with van der Waals surface area (Å²) in [6.45, 7) is 0.568. The predicted molar refractivity (Wildman–Crippen MR) is 83.0 cm³/mol. The molecular weight excluding hydrogens is 332 g/mol. The molecule has 6 heteroatoms. The van der Waals surface area contributed by atoms with Gasteiger partial charge in [-0.2, -0.15) is 4.80 Å². The first-order valence-corrected chi connectivity index (χ1v) is 7.21. The van der Waals surface area contributed by atoms with Gasteiger partial charge >= 0.3 is 0 Å². The molecule has 0 spiro atoms. The quantitative estimate of drug-likeness (QED) is 0.729. The lowest BCUT2D eigenvalue weighted by Gasteiger charge is -2.02. The minimum absolute atomic E-state index is 0.568. The Morgan fingerprint density at radius 1 is 1.14 bits per heavy atom.